The molecule has 1 aromatic rings. The van der Waals surface area contributed by atoms with Gasteiger partial charge < -0.3 is 10.4 Å². The van der Waals surface area contributed by atoms with Gasteiger partial charge in [0.05, 0.1) is 5.41 Å². The Bertz CT molecular complexity index is 405. The number of aliphatic carboxylic acids is 1. The molecule has 0 aliphatic rings. The average molecular weight is 229 g/mol. The topological polar surface area (TPSA) is 49.3 Å². The Morgan fingerprint density at radius 1 is 1.38 bits per heavy atom. The zero-order chi connectivity index (χ0) is 12.3. The monoisotopic (exact) mass is 229 g/mol. The van der Waals surface area contributed by atoms with Gasteiger partial charge in [-0.2, -0.15) is 0 Å². The summed E-state index contributed by atoms with van der Waals surface area (Å²) in [5.41, 5.74) is -0.613. The van der Waals surface area contributed by atoms with Gasteiger partial charge in [-0.25, -0.2) is 8.78 Å². The van der Waals surface area contributed by atoms with Crippen molar-refractivity contribution in [1.82, 2.24) is 0 Å². The van der Waals surface area contributed by atoms with Crippen molar-refractivity contribution in [3.05, 3.63) is 29.8 Å². The molecule has 16 heavy (non-hydrogen) atoms. The molecular weight excluding hydrogens is 216 g/mol. The molecule has 0 saturated carbocycles. The van der Waals surface area contributed by atoms with Gasteiger partial charge in [-0.1, -0.05) is 0 Å². The van der Waals surface area contributed by atoms with Crippen molar-refractivity contribution in [3.8, 4) is 0 Å². The number of carboxylic acids is 1. The first-order chi connectivity index (χ1) is 7.33. The van der Waals surface area contributed by atoms with Gasteiger partial charge in [0.25, 0.3) is 0 Å². The van der Waals surface area contributed by atoms with Crippen LogP contribution in [0.1, 0.15) is 13.8 Å². The van der Waals surface area contributed by atoms with Crippen LogP contribution in [0, 0.1) is 17.0 Å². The van der Waals surface area contributed by atoms with Crippen LogP contribution >= 0.6 is 0 Å². The average Bonchev–Trinajstić information content (AvgIpc) is 2.20. The lowest BCUT2D eigenvalue weighted by atomic mass is 9.94. The summed E-state index contributed by atoms with van der Waals surface area (Å²) in [6.45, 7) is 3.22. The van der Waals surface area contributed by atoms with Crippen molar-refractivity contribution >= 4 is 11.7 Å². The lowest BCUT2D eigenvalue weighted by Gasteiger charge is -2.20. The summed E-state index contributed by atoms with van der Waals surface area (Å²) in [5, 5.41) is 11.6. The minimum atomic E-state index is -0.967. The van der Waals surface area contributed by atoms with Gasteiger partial charge in [0, 0.05) is 12.2 Å². The molecule has 88 valence electrons. The fourth-order valence-electron chi connectivity index (χ4n) is 1.00. The molecule has 0 unspecified atom stereocenters. The van der Waals surface area contributed by atoms with Crippen molar-refractivity contribution in [3.63, 3.8) is 0 Å². The molecule has 0 aromatic heterocycles. The quantitative estimate of drug-likeness (QED) is 0.833. The van der Waals surface area contributed by atoms with E-state index in [0.717, 1.165) is 12.1 Å². The molecule has 3 nitrogen and oxygen atoms in total. The van der Waals surface area contributed by atoms with Crippen LogP contribution in [0.15, 0.2) is 18.2 Å². The maximum Gasteiger partial charge on any atom is 0.310 e. The third kappa shape index (κ3) is 2.92. The highest BCUT2D eigenvalue weighted by atomic mass is 19.2. The standard InChI is InChI=1S/C11H13F2NO2/c1-11(2,10(15)16)6-14-7-3-4-8(12)9(13)5-7/h3-5,14H,6H2,1-2H3,(H,15,16). The number of rotatable bonds is 4. The Hall–Kier alpha value is -1.65. The second-order valence-electron chi connectivity index (χ2n) is 4.17. The lowest BCUT2D eigenvalue weighted by Crippen LogP contribution is -2.31. The molecule has 0 aliphatic carbocycles. The van der Waals surface area contributed by atoms with Crippen molar-refractivity contribution in [2.45, 2.75) is 13.8 Å². The van der Waals surface area contributed by atoms with Gasteiger partial charge in [0.15, 0.2) is 11.6 Å². The normalized spacial score (nSPS) is 11.2. The summed E-state index contributed by atoms with van der Waals surface area (Å²) in [4.78, 5) is 10.8. The van der Waals surface area contributed by atoms with Crippen molar-refractivity contribution < 1.29 is 18.7 Å². The van der Waals surface area contributed by atoms with Gasteiger partial charge in [-0.05, 0) is 32.0 Å². The van der Waals surface area contributed by atoms with E-state index in [0.29, 0.717) is 5.69 Å². The molecule has 0 spiro atoms. The molecule has 0 atom stereocenters. The Morgan fingerprint density at radius 3 is 2.50 bits per heavy atom. The van der Waals surface area contributed by atoms with Crippen molar-refractivity contribution in [2.75, 3.05) is 11.9 Å². The molecule has 0 bridgehead atoms. The van der Waals surface area contributed by atoms with E-state index in [2.05, 4.69) is 5.32 Å². The Kier molecular flexibility index (Phi) is 3.47. The predicted molar refractivity (Wildman–Crippen MR) is 56.3 cm³/mol. The number of anilines is 1. The van der Waals surface area contributed by atoms with Crippen LogP contribution in [-0.2, 0) is 4.79 Å². The van der Waals surface area contributed by atoms with E-state index in [4.69, 9.17) is 5.11 Å². The molecule has 0 aliphatic heterocycles. The van der Waals surface area contributed by atoms with Crippen molar-refractivity contribution in [1.29, 1.82) is 0 Å². The maximum absolute atomic E-state index is 12.8. The van der Waals surface area contributed by atoms with Gasteiger partial charge in [0.1, 0.15) is 0 Å². The van der Waals surface area contributed by atoms with Crippen LogP contribution in [0.4, 0.5) is 14.5 Å². The van der Waals surface area contributed by atoms with Crippen LogP contribution < -0.4 is 5.32 Å². The molecule has 0 heterocycles. The summed E-state index contributed by atoms with van der Waals surface area (Å²) < 4.78 is 25.4. The smallest absolute Gasteiger partial charge is 0.310 e. The molecule has 1 aromatic carbocycles. The highest BCUT2D eigenvalue weighted by Crippen LogP contribution is 2.18. The summed E-state index contributed by atoms with van der Waals surface area (Å²) in [6, 6.07) is 3.34. The molecular formula is C11H13F2NO2. The van der Waals surface area contributed by atoms with Crippen LogP contribution in [0.3, 0.4) is 0 Å². The number of halogens is 2. The van der Waals surface area contributed by atoms with Crippen LogP contribution in [0.2, 0.25) is 0 Å². The third-order valence-corrected chi connectivity index (χ3v) is 2.23. The molecule has 1 rings (SSSR count). The van der Waals surface area contributed by atoms with E-state index >= 15 is 0 Å². The van der Waals surface area contributed by atoms with Crippen LogP contribution in [0.25, 0.3) is 0 Å². The molecule has 5 heteroatoms. The minimum absolute atomic E-state index is 0.132. The zero-order valence-corrected chi connectivity index (χ0v) is 9.05. The second kappa shape index (κ2) is 4.47. The minimum Gasteiger partial charge on any atom is -0.481 e. The Morgan fingerprint density at radius 2 is 2.00 bits per heavy atom. The number of benzene rings is 1. The highest BCUT2D eigenvalue weighted by molar-refractivity contribution is 5.74. The SMILES string of the molecule is CC(C)(CNc1ccc(F)c(F)c1)C(=O)O. The zero-order valence-electron chi connectivity index (χ0n) is 9.05. The summed E-state index contributed by atoms with van der Waals surface area (Å²) in [5.74, 6) is -2.84. The molecule has 2 N–H and O–H groups in total. The van der Waals surface area contributed by atoms with Gasteiger partial charge >= 0.3 is 5.97 Å². The van der Waals surface area contributed by atoms with Crippen LogP contribution in [-0.4, -0.2) is 17.6 Å². The summed E-state index contributed by atoms with van der Waals surface area (Å²) >= 11 is 0. The first kappa shape index (κ1) is 12.4. The fourth-order valence-corrected chi connectivity index (χ4v) is 1.00. The van der Waals surface area contributed by atoms with E-state index in [1.807, 2.05) is 0 Å². The van der Waals surface area contributed by atoms with Gasteiger partial charge in [-0.3, -0.25) is 4.79 Å². The van der Waals surface area contributed by atoms with E-state index in [-0.39, 0.29) is 6.54 Å². The fraction of sp³-hybridized carbons (Fsp3) is 0.364. The Labute approximate surface area is 92.1 Å². The summed E-state index contributed by atoms with van der Waals surface area (Å²) in [7, 11) is 0. The van der Waals surface area contributed by atoms with Gasteiger partial charge in [-0.15, -0.1) is 0 Å². The maximum atomic E-state index is 12.8. The van der Waals surface area contributed by atoms with E-state index in [1.165, 1.54) is 6.07 Å². The van der Waals surface area contributed by atoms with E-state index < -0.39 is 23.0 Å². The lowest BCUT2D eigenvalue weighted by molar-refractivity contribution is -0.146. The molecule has 0 radical (unpaired) electrons. The Balaban J connectivity index is 2.68. The largest absolute Gasteiger partial charge is 0.481 e. The number of hydrogen-bond acceptors (Lipinski definition) is 2. The highest BCUT2D eigenvalue weighted by Gasteiger charge is 2.26. The van der Waals surface area contributed by atoms with E-state index in [9.17, 15) is 13.6 Å². The number of hydrogen-bond donors (Lipinski definition) is 2. The predicted octanol–water partition coefficient (Wildman–Crippen LogP) is 2.49. The first-order valence-corrected chi connectivity index (χ1v) is 4.75. The first-order valence-electron chi connectivity index (χ1n) is 4.75. The second-order valence-corrected chi connectivity index (χ2v) is 4.17. The van der Waals surface area contributed by atoms with Gasteiger partial charge in [0.2, 0.25) is 0 Å². The molecule has 0 amide bonds. The number of carboxylic acid groups (broad SMARTS) is 1. The number of nitrogens with one attached hydrogen (secondary N) is 1. The van der Waals surface area contributed by atoms with Crippen LogP contribution in [0.5, 0.6) is 0 Å². The molecule has 0 saturated heterocycles. The van der Waals surface area contributed by atoms with Crippen molar-refractivity contribution in [2.24, 2.45) is 5.41 Å². The molecule has 0 fully saturated rings. The number of carbonyl (C=O) groups is 1. The van der Waals surface area contributed by atoms with E-state index in [1.54, 1.807) is 13.8 Å². The summed E-state index contributed by atoms with van der Waals surface area (Å²) in [6.07, 6.45) is 0. The third-order valence-electron chi connectivity index (χ3n) is 2.23.